The average molecular weight is 144 g/mol. The minimum absolute atomic E-state index is 0.927. The highest BCUT2D eigenvalue weighted by Gasteiger charge is 2.35. The van der Waals surface area contributed by atoms with E-state index in [0.29, 0.717) is 0 Å². The van der Waals surface area contributed by atoms with E-state index in [1.807, 2.05) is 0 Å². The Bertz CT molecular complexity index is 259. The second-order valence-electron chi connectivity index (χ2n) is 3.84. The molecule has 0 heterocycles. The second-order valence-corrected chi connectivity index (χ2v) is 3.84. The van der Waals surface area contributed by atoms with Crippen LogP contribution in [-0.4, -0.2) is 0 Å². The summed E-state index contributed by atoms with van der Waals surface area (Å²) in [6, 6.07) is 9.00. The Kier molecular flexibility index (Phi) is 0.993. The lowest BCUT2D eigenvalue weighted by atomic mass is 9.92. The zero-order valence-electron chi connectivity index (χ0n) is 6.59. The van der Waals surface area contributed by atoms with Gasteiger partial charge in [0.25, 0.3) is 0 Å². The van der Waals surface area contributed by atoms with Gasteiger partial charge in [-0.3, -0.25) is 0 Å². The van der Waals surface area contributed by atoms with Crippen molar-refractivity contribution >= 4 is 0 Å². The summed E-state index contributed by atoms with van der Waals surface area (Å²) in [6.45, 7) is 0. The molecule has 2 aliphatic carbocycles. The van der Waals surface area contributed by atoms with Gasteiger partial charge in [0.2, 0.25) is 0 Å². The van der Waals surface area contributed by atoms with Gasteiger partial charge in [0.05, 0.1) is 0 Å². The maximum absolute atomic E-state index is 2.32. The largest absolute Gasteiger partial charge is 0.0620 e. The summed E-state index contributed by atoms with van der Waals surface area (Å²) in [7, 11) is 0. The van der Waals surface area contributed by atoms with Crippen LogP contribution in [0.15, 0.2) is 24.3 Å². The third-order valence-electron chi connectivity index (χ3n) is 3.31. The van der Waals surface area contributed by atoms with Crippen molar-refractivity contribution in [3.8, 4) is 0 Å². The standard InChI is InChI=1S/C11H12/c1-2-4-11-9-6-5-8(7-9)10(11)3-1/h1-4,8-9H,5-7H2. The van der Waals surface area contributed by atoms with Gasteiger partial charge < -0.3 is 0 Å². The van der Waals surface area contributed by atoms with E-state index in [0.717, 1.165) is 11.8 Å². The Balaban J connectivity index is 2.23. The molecule has 0 spiro atoms. The molecule has 0 nitrogen and oxygen atoms in total. The zero-order chi connectivity index (χ0) is 7.26. The smallest absolute Gasteiger partial charge is 0.0153 e. The van der Waals surface area contributed by atoms with Crippen molar-refractivity contribution < 1.29 is 0 Å². The van der Waals surface area contributed by atoms with Crippen molar-refractivity contribution in [1.82, 2.24) is 0 Å². The predicted octanol–water partition coefficient (Wildman–Crippen LogP) is 3.05. The van der Waals surface area contributed by atoms with E-state index in [1.165, 1.54) is 19.3 Å². The lowest BCUT2D eigenvalue weighted by Crippen LogP contribution is -1.95. The van der Waals surface area contributed by atoms with Gasteiger partial charge in [-0.2, -0.15) is 0 Å². The van der Waals surface area contributed by atoms with Crippen LogP contribution >= 0.6 is 0 Å². The van der Waals surface area contributed by atoms with Crippen LogP contribution in [-0.2, 0) is 0 Å². The van der Waals surface area contributed by atoms with Gasteiger partial charge >= 0.3 is 0 Å². The van der Waals surface area contributed by atoms with Crippen molar-refractivity contribution in [3.63, 3.8) is 0 Å². The molecule has 2 unspecified atom stereocenters. The third-order valence-corrected chi connectivity index (χ3v) is 3.31. The van der Waals surface area contributed by atoms with E-state index in [1.54, 1.807) is 11.1 Å². The van der Waals surface area contributed by atoms with Crippen molar-refractivity contribution in [3.05, 3.63) is 35.4 Å². The van der Waals surface area contributed by atoms with Gasteiger partial charge in [-0.05, 0) is 42.2 Å². The molecule has 2 aliphatic rings. The molecule has 0 saturated heterocycles. The van der Waals surface area contributed by atoms with E-state index >= 15 is 0 Å². The van der Waals surface area contributed by atoms with Crippen molar-refractivity contribution in [2.24, 2.45) is 0 Å². The molecule has 1 aromatic rings. The summed E-state index contributed by atoms with van der Waals surface area (Å²) >= 11 is 0. The molecule has 0 heteroatoms. The molecule has 3 rings (SSSR count). The normalized spacial score (nSPS) is 32.4. The van der Waals surface area contributed by atoms with Gasteiger partial charge in [0, 0.05) is 0 Å². The average Bonchev–Trinajstić information content (AvgIpc) is 2.64. The van der Waals surface area contributed by atoms with E-state index in [2.05, 4.69) is 24.3 Å². The summed E-state index contributed by atoms with van der Waals surface area (Å²) < 4.78 is 0. The molecule has 1 saturated carbocycles. The summed E-state index contributed by atoms with van der Waals surface area (Å²) in [4.78, 5) is 0. The first-order valence-electron chi connectivity index (χ1n) is 4.54. The van der Waals surface area contributed by atoms with Crippen LogP contribution in [0.1, 0.15) is 42.2 Å². The Hall–Kier alpha value is -0.780. The molecule has 1 aromatic carbocycles. The van der Waals surface area contributed by atoms with Gasteiger partial charge in [-0.25, -0.2) is 0 Å². The van der Waals surface area contributed by atoms with Crippen LogP contribution in [0.3, 0.4) is 0 Å². The molecule has 0 aromatic heterocycles. The summed E-state index contributed by atoms with van der Waals surface area (Å²) in [5, 5.41) is 0. The lowest BCUT2D eigenvalue weighted by Gasteiger charge is -2.13. The number of hydrogen-bond acceptors (Lipinski definition) is 0. The SMILES string of the molecule is c1ccc2c(c1)C1CCC2C1. The summed E-state index contributed by atoms with van der Waals surface area (Å²) in [6.07, 6.45) is 4.34. The maximum Gasteiger partial charge on any atom is -0.0153 e. The number of hydrogen-bond donors (Lipinski definition) is 0. The fourth-order valence-electron chi connectivity index (χ4n) is 2.80. The van der Waals surface area contributed by atoms with Crippen molar-refractivity contribution in [2.75, 3.05) is 0 Å². The van der Waals surface area contributed by atoms with E-state index < -0.39 is 0 Å². The highest BCUT2D eigenvalue weighted by molar-refractivity contribution is 5.40. The minimum Gasteiger partial charge on any atom is -0.0620 e. The van der Waals surface area contributed by atoms with Gasteiger partial charge in [0.1, 0.15) is 0 Å². The Labute approximate surface area is 67.2 Å². The molecule has 1 fully saturated rings. The van der Waals surface area contributed by atoms with Gasteiger partial charge in [-0.1, -0.05) is 24.3 Å². The Morgan fingerprint density at radius 3 is 2.00 bits per heavy atom. The highest BCUT2D eigenvalue weighted by Crippen LogP contribution is 2.52. The quantitative estimate of drug-likeness (QED) is 0.525. The van der Waals surface area contributed by atoms with Crippen LogP contribution in [0.25, 0.3) is 0 Å². The molecule has 0 aliphatic heterocycles. The molecule has 0 radical (unpaired) electrons. The molecule has 56 valence electrons. The second kappa shape index (κ2) is 1.88. The van der Waals surface area contributed by atoms with E-state index in [4.69, 9.17) is 0 Å². The summed E-state index contributed by atoms with van der Waals surface area (Å²) in [5.74, 6) is 1.85. The van der Waals surface area contributed by atoms with Crippen molar-refractivity contribution in [1.29, 1.82) is 0 Å². The first kappa shape index (κ1) is 5.82. The van der Waals surface area contributed by atoms with Crippen LogP contribution in [0.5, 0.6) is 0 Å². The van der Waals surface area contributed by atoms with Crippen LogP contribution in [0.4, 0.5) is 0 Å². The number of rotatable bonds is 0. The molecular formula is C11H12. The van der Waals surface area contributed by atoms with E-state index in [9.17, 15) is 0 Å². The van der Waals surface area contributed by atoms with Crippen LogP contribution in [0, 0.1) is 0 Å². The molecule has 0 amide bonds. The fraction of sp³-hybridized carbons (Fsp3) is 0.455. The van der Waals surface area contributed by atoms with Crippen LogP contribution < -0.4 is 0 Å². The lowest BCUT2D eigenvalue weighted by molar-refractivity contribution is 0.717. The minimum atomic E-state index is 0.927. The monoisotopic (exact) mass is 144 g/mol. The zero-order valence-corrected chi connectivity index (χ0v) is 6.59. The van der Waals surface area contributed by atoms with Gasteiger partial charge in [-0.15, -0.1) is 0 Å². The first-order chi connectivity index (χ1) is 5.45. The Morgan fingerprint density at radius 1 is 0.909 bits per heavy atom. The maximum atomic E-state index is 2.32. The number of benzene rings is 1. The molecular weight excluding hydrogens is 132 g/mol. The molecule has 0 N–H and O–H groups in total. The third kappa shape index (κ3) is 0.649. The first-order valence-corrected chi connectivity index (χ1v) is 4.54. The number of fused-ring (bicyclic) bond motifs is 5. The summed E-state index contributed by atoms with van der Waals surface area (Å²) in [5.41, 5.74) is 3.31. The fourth-order valence-corrected chi connectivity index (χ4v) is 2.80. The van der Waals surface area contributed by atoms with E-state index in [-0.39, 0.29) is 0 Å². The Morgan fingerprint density at radius 2 is 1.45 bits per heavy atom. The topological polar surface area (TPSA) is 0 Å². The molecule has 11 heavy (non-hydrogen) atoms. The van der Waals surface area contributed by atoms with Crippen LogP contribution in [0.2, 0.25) is 0 Å². The highest BCUT2D eigenvalue weighted by atomic mass is 14.4. The predicted molar refractivity (Wildman–Crippen MR) is 45.8 cm³/mol. The van der Waals surface area contributed by atoms with Crippen molar-refractivity contribution in [2.45, 2.75) is 31.1 Å². The molecule has 2 atom stereocenters. The molecule has 2 bridgehead atoms. The van der Waals surface area contributed by atoms with Gasteiger partial charge in [0.15, 0.2) is 0 Å².